The molecule has 9 nitrogen and oxygen atoms in total. The molecule has 0 aromatic heterocycles. The lowest BCUT2D eigenvalue weighted by molar-refractivity contribution is -0.195. The number of nitrogens with zero attached hydrogens (tertiary/aromatic N) is 2. The number of ether oxygens (including phenoxy) is 4. The van der Waals surface area contributed by atoms with Crippen molar-refractivity contribution in [1.82, 2.24) is 4.90 Å². The average Bonchev–Trinajstić information content (AvgIpc) is 3.38. The van der Waals surface area contributed by atoms with Crippen LogP contribution in [-0.4, -0.2) is 60.8 Å². The van der Waals surface area contributed by atoms with Crippen molar-refractivity contribution in [3.05, 3.63) is 53.1 Å². The number of alkyl halides is 1. The molecule has 1 N–H and O–H groups in total. The number of rotatable bonds is 7. The fourth-order valence-electron chi connectivity index (χ4n) is 5.30. The molecule has 37 heavy (non-hydrogen) atoms. The Hall–Kier alpha value is -2.82. The lowest BCUT2D eigenvalue weighted by Gasteiger charge is -2.37. The van der Waals surface area contributed by atoms with Crippen molar-refractivity contribution in [1.29, 1.82) is 0 Å². The van der Waals surface area contributed by atoms with Crippen LogP contribution in [0.15, 0.2) is 36.4 Å². The van der Waals surface area contributed by atoms with Gasteiger partial charge in [-0.25, -0.2) is 9.69 Å². The first-order valence-electron chi connectivity index (χ1n) is 12.6. The second-order valence-electron chi connectivity index (χ2n) is 9.45. The quantitative estimate of drug-likeness (QED) is 0.457. The van der Waals surface area contributed by atoms with Crippen molar-refractivity contribution < 1.29 is 33.6 Å². The number of carboxylic acid groups (broad SMARTS) is 1. The van der Waals surface area contributed by atoms with E-state index >= 15 is 0 Å². The smallest absolute Gasteiger partial charge is 0.414 e. The Bertz CT molecular complexity index is 1150. The number of methoxy groups -OCH3 is 1. The molecule has 3 aliphatic heterocycles. The number of anilines is 1. The van der Waals surface area contributed by atoms with Crippen LogP contribution in [0.3, 0.4) is 0 Å². The second-order valence-corrected chi connectivity index (χ2v) is 10.0. The van der Waals surface area contributed by atoms with Gasteiger partial charge >= 0.3 is 6.09 Å². The van der Waals surface area contributed by atoms with Crippen molar-refractivity contribution in [2.45, 2.75) is 62.6 Å². The molecule has 3 heterocycles. The van der Waals surface area contributed by atoms with Crippen LogP contribution in [0.4, 0.5) is 10.5 Å². The fourth-order valence-corrected chi connectivity index (χ4v) is 5.65. The van der Waals surface area contributed by atoms with Gasteiger partial charge in [0.1, 0.15) is 6.61 Å². The summed E-state index contributed by atoms with van der Waals surface area (Å²) in [6.45, 7) is 1.35. The molecule has 2 aromatic carbocycles. The van der Waals surface area contributed by atoms with Crippen LogP contribution >= 0.6 is 15.9 Å². The molecule has 0 spiro atoms. The Morgan fingerprint density at radius 1 is 1.14 bits per heavy atom. The molecule has 0 radical (unpaired) electrons. The highest BCUT2D eigenvalue weighted by molar-refractivity contribution is 9.08. The zero-order chi connectivity index (χ0) is 25.9. The summed E-state index contributed by atoms with van der Waals surface area (Å²) in [5.41, 5.74) is 2.53. The average molecular weight is 575 g/mol. The van der Waals surface area contributed by atoms with Crippen LogP contribution in [0.2, 0.25) is 0 Å². The first-order valence-corrected chi connectivity index (χ1v) is 13.7. The summed E-state index contributed by atoms with van der Waals surface area (Å²) in [5, 5.41) is 11.1. The van der Waals surface area contributed by atoms with Crippen molar-refractivity contribution in [2.75, 3.05) is 25.2 Å². The number of halogens is 1. The van der Waals surface area contributed by atoms with E-state index in [2.05, 4.69) is 15.9 Å². The molecule has 2 fully saturated rings. The van der Waals surface area contributed by atoms with Crippen molar-refractivity contribution in [3.8, 4) is 11.5 Å². The van der Waals surface area contributed by atoms with E-state index in [4.69, 9.17) is 18.9 Å². The zero-order valence-electron chi connectivity index (χ0n) is 20.7. The predicted octanol–water partition coefficient (Wildman–Crippen LogP) is 5.14. The summed E-state index contributed by atoms with van der Waals surface area (Å²) in [6, 6.07) is 10.7. The molecule has 5 rings (SSSR count). The molecule has 2 saturated heterocycles. The number of amides is 2. The summed E-state index contributed by atoms with van der Waals surface area (Å²) < 4.78 is 23.8. The monoisotopic (exact) mass is 574 g/mol. The van der Waals surface area contributed by atoms with Gasteiger partial charge in [0.2, 0.25) is 0 Å². The SMILES string of the molecule is COc1cc2c(cc1OCc1cccc(CBr)c1)N(C(=O)O)[C@@H](OC1CCCCO1)[C@@H]1CCCN1C2=O. The summed E-state index contributed by atoms with van der Waals surface area (Å²) in [6.07, 6.45) is 1.37. The van der Waals surface area contributed by atoms with E-state index < -0.39 is 24.7 Å². The van der Waals surface area contributed by atoms with Crippen LogP contribution in [0.5, 0.6) is 11.5 Å². The Balaban J connectivity index is 1.53. The zero-order valence-corrected chi connectivity index (χ0v) is 22.3. The molecule has 10 heteroatoms. The van der Waals surface area contributed by atoms with Crippen molar-refractivity contribution in [2.24, 2.45) is 0 Å². The van der Waals surface area contributed by atoms with Gasteiger partial charge in [-0.1, -0.05) is 40.2 Å². The fraction of sp³-hybridized carbons (Fsp3) is 0.481. The van der Waals surface area contributed by atoms with Gasteiger partial charge in [-0.05, 0) is 49.3 Å². The maximum Gasteiger partial charge on any atom is 0.414 e. The van der Waals surface area contributed by atoms with Crippen LogP contribution in [0, 0.1) is 0 Å². The molecule has 3 atom stereocenters. The van der Waals surface area contributed by atoms with Crippen molar-refractivity contribution >= 4 is 33.6 Å². The number of fused-ring (bicyclic) bond motifs is 2. The third-order valence-electron chi connectivity index (χ3n) is 7.09. The molecule has 0 saturated carbocycles. The predicted molar refractivity (Wildman–Crippen MR) is 139 cm³/mol. The minimum atomic E-state index is -1.20. The Morgan fingerprint density at radius 2 is 1.97 bits per heavy atom. The summed E-state index contributed by atoms with van der Waals surface area (Å²) in [5.74, 6) is 0.466. The standard InChI is InChI=1S/C27H31BrN2O7/c1-34-22-13-19-21(14-23(22)36-16-18-7-4-6-17(12-18)15-28)30(27(32)33)26(37-24-9-2-3-11-35-24)20-8-5-10-29(20)25(19)31/h4,6-7,12-14,20,24,26H,2-3,5,8-11,15-16H2,1H3,(H,32,33)/t20-,24?,26-/m0/s1. The van der Waals surface area contributed by atoms with Crippen molar-refractivity contribution in [3.63, 3.8) is 0 Å². The Labute approximate surface area is 224 Å². The third kappa shape index (κ3) is 5.28. The van der Waals surface area contributed by atoms with Gasteiger partial charge in [0.05, 0.1) is 24.4 Å². The van der Waals surface area contributed by atoms with E-state index in [1.165, 1.54) is 12.0 Å². The van der Waals surface area contributed by atoms with Gasteiger partial charge in [-0.2, -0.15) is 0 Å². The number of hydrogen-bond donors (Lipinski definition) is 1. The van der Waals surface area contributed by atoms with Crippen LogP contribution in [0.25, 0.3) is 0 Å². The molecule has 198 valence electrons. The number of hydrogen-bond acceptors (Lipinski definition) is 6. The Morgan fingerprint density at radius 3 is 2.70 bits per heavy atom. The highest BCUT2D eigenvalue weighted by atomic mass is 79.9. The van der Waals surface area contributed by atoms with Gasteiger partial charge in [-0.15, -0.1) is 0 Å². The van der Waals surface area contributed by atoms with Crippen LogP contribution < -0.4 is 14.4 Å². The minimum absolute atomic E-state index is 0.220. The molecule has 0 aliphatic carbocycles. The lowest BCUT2D eigenvalue weighted by atomic mass is 10.1. The minimum Gasteiger partial charge on any atom is -0.493 e. The van der Waals surface area contributed by atoms with Crippen LogP contribution in [0.1, 0.15) is 53.6 Å². The molecule has 3 aliphatic rings. The van der Waals surface area contributed by atoms with E-state index in [1.54, 1.807) is 17.0 Å². The first kappa shape index (κ1) is 25.8. The highest BCUT2D eigenvalue weighted by Gasteiger charge is 2.47. The topological polar surface area (TPSA) is 97.8 Å². The number of carbonyl (C=O) groups excluding carboxylic acids is 1. The van der Waals surface area contributed by atoms with Crippen LogP contribution in [-0.2, 0) is 21.4 Å². The second kappa shape index (κ2) is 11.3. The van der Waals surface area contributed by atoms with E-state index in [-0.39, 0.29) is 23.8 Å². The van der Waals surface area contributed by atoms with E-state index in [9.17, 15) is 14.7 Å². The van der Waals surface area contributed by atoms with Gasteiger partial charge in [0.25, 0.3) is 5.91 Å². The normalized spacial score (nSPS) is 23.3. The number of benzene rings is 2. The number of carbonyl (C=O) groups is 2. The maximum atomic E-state index is 13.7. The third-order valence-corrected chi connectivity index (χ3v) is 7.74. The summed E-state index contributed by atoms with van der Waals surface area (Å²) in [4.78, 5) is 29.3. The first-order chi connectivity index (χ1) is 18.0. The summed E-state index contributed by atoms with van der Waals surface area (Å²) in [7, 11) is 1.50. The van der Waals surface area contributed by atoms with Gasteiger partial charge in [0, 0.05) is 24.5 Å². The highest BCUT2D eigenvalue weighted by Crippen LogP contribution is 2.42. The molecule has 2 amide bonds. The maximum absolute atomic E-state index is 13.7. The molecular weight excluding hydrogens is 544 g/mol. The van der Waals surface area contributed by atoms with Gasteiger partial charge < -0.3 is 29.0 Å². The largest absolute Gasteiger partial charge is 0.493 e. The summed E-state index contributed by atoms with van der Waals surface area (Å²) >= 11 is 3.47. The molecular formula is C27H31BrN2O7. The van der Waals surface area contributed by atoms with E-state index in [1.807, 2.05) is 24.3 Å². The molecule has 1 unspecified atom stereocenters. The molecule has 2 aromatic rings. The lowest BCUT2D eigenvalue weighted by Crippen LogP contribution is -2.53. The Kier molecular flexibility index (Phi) is 7.87. The van der Waals surface area contributed by atoms with E-state index in [0.717, 1.165) is 35.7 Å². The molecule has 0 bridgehead atoms. The van der Waals surface area contributed by atoms with E-state index in [0.29, 0.717) is 37.5 Å². The van der Waals surface area contributed by atoms with Gasteiger partial charge in [-0.3, -0.25) is 4.79 Å². The van der Waals surface area contributed by atoms with Gasteiger partial charge in [0.15, 0.2) is 24.0 Å².